The minimum absolute atomic E-state index is 0.0251. The van der Waals surface area contributed by atoms with E-state index < -0.39 is 36.1 Å². The number of carbonyl (C=O) groups is 4. The van der Waals surface area contributed by atoms with E-state index in [1.165, 1.54) is 4.90 Å². The molecule has 4 aromatic carbocycles. The van der Waals surface area contributed by atoms with Gasteiger partial charge in [-0.05, 0) is 71.8 Å². The molecule has 0 fully saturated rings. The fourth-order valence-corrected chi connectivity index (χ4v) is 5.18. The number of methoxy groups -OCH3 is 1. The van der Waals surface area contributed by atoms with Crippen LogP contribution in [0, 0.1) is 0 Å². The molecule has 224 valence electrons. The second-order valence-corrected chi connectivity index (χ2v) is 10.9. The molecule has 0 aromatic heterocycles. The third kappa shape index (κ3) is 6.43. The van der Waals surface area contributed by atoms with Gasteiger partial charge in [-0.15, -0.1) is 0 Å². The Hall–Kier alpha value is -5.15. The van der Waals surface area contributed by atoms with Gasteiger partial charge in [0.05, 0.1) is 18.4 Å². The van der Waals surface area contributed by atoms with E-state index in [9.17, 15) is 19.2 Å². The topological polar surface area (TPSA) is 99.3 Å². The summed E-state index contributed by atoms with van der Waals surface area (Å²) in [5, 5.41) is 3.48. The van der Waals surface area contributed by atoms with Gasteiger partial charge in [-0.25, -0.2) is 0 Å². The molecule has 1 N–H and O–H groups in total. The minimum Gasteiger partial charge on any atom is -0.497 e. The molecule has 10 heteroatoms. The number of Topliss-reactive ketones (excluding diaryl/α,β-unsaturated/α-hetero) is 1. The van der Waals surface area contributed by atoms with Crippen LogP contribution in [-0.4, -0.2) is 56.2 Å². The number of nitrogens with zero attached hydrogens (tertiary/aromatic N) is 3. The number of hydrogen-bond acceptors (Lipinski definition) is 6. The summed E-state index contributed by atoms with van der Waals surface area (Å²) in [6.45, 7) is -0.413. The number of fused-ring (bicyclic) bond motifs is 1. The van der Waals surface area contributed by atoms with Gasteiger partial charge in [0.15, 0.2) is 0 Å². The van der Waals surface area contributed by atoms with Crippen LogP contribution in [0.3, 0.4) is 0 Å². The monoisotopic (exact) mass is 610 g/mol. The van der Waals surface area contributed by atoms with Crippen LogP contribution >= 0.6 is 11.6 Å². The van der Waals surface area contributed by atoms with Crippen LogP contribution in [0.15, 0.2) is 97.1 Å². The SMILES string of the molecule is COc1ccc(C(C(=O)Nc2ccc(N(C)C)cc2)N(Cc2ccc(Cl)cc2)C(=O)CN2C(=O)C(=O)c3ccccc32)cc1. The van der Waals surface area contributed by atoms with Crippen LogP contribution in [0.25, 0.3) is 0 Å². The number of para-hydroxylation sites is 1. The average Bonchev–Trinajstić information content (AvgIpc) is 3.27. The number of rotatable bonds is 10. The van der Waals surface area contributed by atoms with Crippen molar-refractivity contribution in [3.63, 3.8) is 0 Å². The third-order valence-electron chi connectivity index (χ3n) is 7.40. The van der Waals surface area contributed by atoms with Crippen LogP contribution < -0.4 is 19.9 Å². The Morgan fingerprint density at radius 2 is 1.55 bits per heavy atom. The smallest absolute Gasteiger partial charge is 0.299 e. The van der Waals surface area contributed by atoms with E-state index in [1.54, 1.807) is 92.0 Å². The maximum Gasteiger partial charge on any atom is 0.299 e. The summed E-state index contributed by atoms with van der Waals surface area (Å²) in [5.74, 6) is -1.88. The molecular weight excluding hydrogens is 580 g/mol. The average molecular weight is 611 g/mol. The van der Waals surface area contributed by atoms with Crippen molar-refractivity contribution in [2.24, 2.45) is 0 Å². The highest BCUT2D eigenvalue weighted by Gasteiger charge is 2.39. The molecule has 0 radical (unpaired) electrons. The normalized spacial score (nSPS) is 12.9. The molecular formula is C34H31ClN4O5. The molecule has 1 aliphatic heterocycles. The van der Waals surface area contributed by atoms with E-state index >= 15 is 0 Å². The van der Waals surface area contributed by atoms with Crippen LogP contribution in [0.1, 0.15) is 27.5 Å². The Balaban J connectivity index is 1.54. The Kier molecular flexibility index (Phi) is 8.96. The van der Waals surface area contributed by atoms with Crippen LogP contribution in [-0.2, 0) is 20.9 Å². The molecule has 9 nitrogen and oxygen atoms in total. The van der Waals surface area contributed by atoms with Gasteiger partial charge in [-0.3, -0.25) is 24.1 Å². The number of benzene rings is 4. The molecule has 1 atom stereocenters. The van der Waals surface area contributed by atoms with Crippen molar-refractivity contribution in [2.75, 3.05) is 42.9 Å². The molecule has 4 aromatic rings. The van der Waals surface area contributed by atoms with Crippen LogP contribution in [0.2, 0.25) is 5.02 Å². The number of nitrogens with one attached hydrogen (secondary N) is 1. The summed E-state index contributed by atoms with van der Waals surface area (Å²) in [4.78, 5) is 58.5. The summed E-state index contributed by atoms with van der Waals surface area (Å²) in [5.41, 5.74) is 3.34. The Morgan fingerprint density at radius 3 is 2.18 bits per heavy atom. The lowest BCUT2D eigenvalue weighted by atomic mass is 10.0. The number of halogens is 1. The zero-order valence-corrected chi connectivity index (χ0v) is 25.2. The van der Waals surface area contributed by atoms with Crippen LogP contribution in [0.5, 0.6) is 5.75 Å². The zero-order valence-electron chi connectivity index (χ0n) is 24.5. The number of ketones is 1. The maximum atomic E-state index is 14.2. The highest BCUT2D eigenvalue weighted by molar-refractivity contribution is 6.52. The molecule has 0 spiro atoms. The fourth-order valence-electron chi connectivity index (χ4n) is 5.05. The third-order valence-corrected chi connectivity index (χ3v) is 7.65. The van der Waals surface area contributed by atoms with Gasteiger partial charge >= 0.3 is 0 Å². The molecule has 0 bridgehead atoms. The Morgan fingerprint density at radius 1 is 0.886 bits per heavy atom. The van der Waals surface area contributed by atoms with E-state index in [0.717, 1.165) is 10.6 Å². The lowest BCUT2D eigenvalue weighted by Crippen LogP contribution is -2.46. The van der Waals surface area contributed by atoms with Crippen molar-refractivity contribution in [3.05, 3.63) is 119 Å². The van der Waals surface area contributed by atoms with E-state index in [1.807, 2.05) is 31.1 Å². The van der Waals surface area contributed by atoms with Gasteiger partial charge in [-0.2, -0.15) is 0 Å². The number of hydrogen-bond donors (Lipinski definition) is 1. The van der Waals surface area contributed by atoms with E-state index in [4.69, 9.17) is 16.3 Å². The van der Waals surface area contributed by atoms with Crippen molar-refractivity contribution in [1.82, 2.24) is 4.90 Å². The van der Waals surface area contributed by atoms with Crippen molar-refractivity contribution in [1.29, 1.82) is 0 Å². The predicted octanol–water partition coefficient (Wildman–Crippen LogP) is 5.35. The maximum absolute atomic E-state index is 14.2. The number of anilines is 3. The quantitative estimate of drug-likeness (QED) is 0.243. The summed E-state index contributed by atoms with van der Waals surface area (Å²) < 4.78 is 5.32. The van der Waals surface area contributed by atoms with Gasteiger partial charge in [0, 0.05) is 37.0 Å². The lowest BCUT2D eigenvalue weighted by Gasteiger charge is -2.33. The molecule has 3 amide bonds. The fraction of sp³-hybridized carbons (Fsp3) is 0.176. The molecule has 44 heavy (non-hydrogen) atoms. The summed E-state index contributed by atoms with van der Waals surface area (Å²) in [6.07, 6.45) is 0. The molecule has 5 rings (SSSR count). The molecule has 1 aliphatic rings. The number of ether oxygens (including phenoxy) is 1. The summed E-state index contributed by atoms with van der Waals surface area (Å²) in [6, 6.07) is 26.6. The van der Waals surface area contributed by atoms with E-state index in [2.05, 4.69) is 5.32 Å². The predicted molar refractivity (Wildman–Crippen MR) is 170 cm³/mol. The Labute approximate surface area is 260 Å². The van der Waals surface area contributed by atoms with Gasteiger partial charge in [-0.1, -0.05) is 48.0 Å². The van der Waals surface area contributed by atoms with Crippen molar-refractivity contribution in [3.8, 4) is 5.75 Å². The second kappa shape index (κ2) is 13.0. The highest BCUT2D eigenvalue weighted by atomic mass is 35.5. The minimum atomic E-state index is -1.11. The zero-order chi connectivity index (χ0) is 31.4. The first-order valence-electron chi connectivity index (χ1n) is 13.9. The number of carbonyl (C=O) groups excluding carboxylic acids is 4. The standard InChI is InChI=1S/C34H31ClN4O5/c1-37(2)26-16-14-25(15-17-26)36-33(42)31(23-10-18-27(44-3)19-11-23)39(20-22-8-12-24(35)13-9-22)30(40)21-38-29-7-5-4-6-28(29)32(41)34(38)43/h4-19,31H,20-21H2,1-3H3,(H,36,42). The van der Waals surface area contributed by atoms with Crippen molar-refractivity contribution >= 4 is 52.2 Å². The van der Waals surface area contributed by atoms with Crippen molar-refractivity contribution in [2.45, 2.75) is 12.6 Å². The van der Waals surface area contributed by atoms with Gasteiger partial charge in [0.2, 0.25) is 5.91 Å². The lowest BCUT2D eigenvalue weighted by molar-refractivity contribution is -0.139. The first kappa shape index (κ1) is 30.3. The highest BCUT2D eigenvalue weighted by Crippen LogP contribution is 2.31. The molecule has 0 saturated heterocycles. The first-order chi connectivity index (χ1) is 21.2. The largest absolute Gasteiger partial charge is 0.497 e. The summed E-state index contributed by atoms with van der Waals surface area (Å²) >= 11 is 6.12. The van der Waals surface area contributed by atoms with Crippen LogP contribution in [0.4, 0.5) is 17.1 Å². The molecule has 1 unspecified atom stereocenters. The van der Waals surface area contributed by atoms with Gasteiger partial charge in [0.25, 0.3) is 17.6 Å². The second-order valence-electron chi connectivity index (χ2n) is 10.5. The number of amides is 3. The molecule has 1 heterocycles. The van der Waals surface area contributed by atoms with E-state index in [0.29, 0.717) is 33.3 Å². The Bertz CT molecular complexity index is 1690. The van der Waals surface area contributed by atoms with Gasteiger partial charge < -0.3 is 19.9 Å². The van der Waals surface area contributed by atoms with Gasteiger partial charge in [0.1, 0.15) is 18.3 Å². The van der Waals surface area contributed by atoms with E-state index in [-0.39, 0.29) is 12.1 Å². The first-order valence-corrected chi connectivity index (χ1v) is 14.3. The van der Waals surface area contributed by atoms with Crippen molar-refractivity contribution < 1.29 is 23.9 Å². The summed E-state index contributed by atoms with van der Waals surface area (Å²) in [7, 11) is 5.38. The molecule has 0 saturated carbocycles. The molecule has 0 aliphatic carbocycles.